The van der Waals surface area contributed by atoms with Crippen LogP contribution in [-0.4, -0.2) is 44.3 Å². The number of amides is 1. The van der Waals surface area contributed by atoms with Crippen molar-refractivity contribution in [1.29, 1.82) is 0 Å². The first kappa shape index (κ1) is 23.1. The highest BCUT2D eigenvalue weighted by Crippen LogP contribution is 2.19. The van der Waals surface area contributed by atoms with Crippen LogP contribution in [0.1, 0.15) is 24.9 Å². The molecule has 1 aliphatic rings. The normalized spacial score (nSPS) is 22.1. The summed E-state index contributed by atoms with van der Waals surface area (Å²) in [5, 5.41) is 12.6. The molecule has 0 saturated heterocycles. The van der Waals surface area contributed by atoms with Gasteiger partial charge in [0.1, 0.15) is 11.9 Å². The molecule has 2 aromatic rings. The molecule has 0 fully saturated rings. The van der Waals surface area contributed by atoms with Gasteiger partial charge in [-0.2, -0.15) is 0 Å². The fourth-order valence-corrected chi connectivity index (χ4v) is 4.55. The first-order valence-corrected chi connectivity index (χ1v) is 11.3. The van der Waals surface area contributed by atoms with E-state index in [0.29, 0.717) is 0 Å². The molecule has 4 atom stereocenters. The molecule has 0 unspecified atom stereocenters. The van der Waals surface area contributed by atoms with Crippen LogP contribution in [0.4, 0.5) is 4.39 Å². The highest BCUT2D eigenvalue weighted by Gasteiger charge is 2.31. The SMILES string of the molecule is C[C@@H](NC(=O)C[C@H]1C=C[C@H](NS(=O)(=O)c2cccc(F)c2)[C@@H](CO)O1)c1ccccc1. The van der Waals surface area contributed by atoms with E-state index in [2.05, 4.69) is 10.0 Å². The summed E-state index contributed by atoms with van der Waals surface area (Å²) < 4.78 is 46.5. The summed E-state index contributed by atoms with van der Waals surface area (Å²) in [6.07, 6.45) is 1.64. The molecule has 9 heteroatoms. The van der Waals surface area contributed by atoms with Crippen LogP contribution in [0.2, 0.25) is 0 Å². The fraction of sp³-hybridized carbons (Fsp3) is 0.318. The van der Waals surface area contributed by atoms with E-state index in [1.54, 1.807) is 12.2 Å². The van der Waals surface area contributed by atoms with E-state index in [4.69, 9.17) is 4.74 Å². The number of nitrogens with one attached hydrogen (secondary N) is 2. The maximum atomic E-state index is 13.4. The zero-order valence-electron chi connectivity index (χ0n) is 16.9. The second kappa shape index (κ2) is 10.1. The van der Waals surface area contributed by atoms with Gasteiger partial charge < -0.3 is 15.2 Å². The van der Waals surface area contributed by atoms with E-state index >= 15 is 0 Å². The summed E-state index contributed by atoms with van der Waals surface area (Å²) in [5.41, 5.74) is 0.969. The number of aliphatic hydroxyl groups is 1. The largest absolute Gasteiger partial charge is 0.394 e. The highest BCUT2D eigenvalue weighted by atomic mass is 32.2. The Kier molecular flexibility index (Phi) is 7.55. The lowest BCUT2D eigenvalue weighted by Gasteiger charge is -2.31. The first-order chi connectivity index (χ1) is 14.8. The van der Waals surface area contributed by atoms with Gasteiger partial charge in [0.05, 0.1) is 36.1 Å². The molecule has 0 aliphatic carbocycles. The number of ether oxygens (including phenoxy) is 1. The predicted molar refractivity (Wildman–Crippen MR) is 113 cm³/mol. The van der Waals surface area contributed by atoms with Crippen molar-refractivity contribution in [3.8, 4) is 0 Å². The lowest BCUT2D eigenvalue weighted by Crippen LogP contribution is -2.49. The molecule has 0 spiro atoms. The Morgan fingerprint density at radius 2 is 1.90 bits per heavy atom. The van der Waals surface area contributed by atoms with Gasteiger partial charge in [0.15, 0.2) is 0 Å². The third kappa shape index (κ3) is 6.20. The molecule has 0 aromatic heterocycles. The maximum Gasteiger partial charge on any atom is 0.241 e. The number of hydrogen-bond donors (Lipinski definition) is 3. The van der Waals surface area contributed by atoms with Gasteiger partial charge in [-0.3, -0.25) is 4.79 Å². The van der Waals surface area contributed by atoms with Gasteiger partial charge in [-0.25, -0.2) is 17.5 Å². The van der Waals surface area contributed by atoms with Gasteiger partial charge in [-0.1, -0.05) is 48.6 Å². The number of rotatable bonds is 8. The average Bonchev–Trinajstić information content (AvgIpc) is 2.75. The number of carbonyl (C=O) groups is 1. The number of aliphatic hydroxyl groups excluding tert-OH is 1. The highest BCUT2D eigenvalue weighted by molar-refractivity contribution is 7.89. The monoisotopic (exact) mass is 448 g/mol. The second-order valence-electron chi connectivity index (χ2n) is 7.29. The van der Waals surface area contributed by atoms with Crippen LogP contribution < -0.4 is 10.0 Å². The maximum absolute atomic E-state index is 13.4. The number of hydrogen-bond acceptors (Lipinski definition) is 5. The molecule has 31 heavy (non-hydrogen) atoms. The summed E-state index contributed by atoms with van der Waals surface area (Å²) >= 11 is 0. The van der Waals surface area contributed by atoms with Crippen LogP contribution in [0.15, 0.2) is 71.6 Å². The minimum absolute atomic E-state index is 0.0214. The lowest BCUT2D eigenvalue weighted by atomic mass is 10.0. The zero-order chi connectivity index (χ0) is 22.4. The third-order valence-electron chi connectivity index (χ3n) is 4.92. The summed E-state index contributed by atoms with van der Waals surface area (Å²) in [6.45, 7) is 1.41. The van der Waals surface area contributed by atoms with Gasteiger partial charge in [0.25, 0.3) is 0 Å². The van der Waals surface area contributed by atoms with E-state index < -0.39 is 40.7 Å². The Bertz CT molecular complexity index is 1030. The smallest absolute Gasteiger partial charge is 0.241 e. The topological polar surface area (TPSA) is 105 Å². The van der Waals surface area contributed by atoms with Gasteiger partial charge >= 0.3 is 0 Å². The second-order valence-corrected chi connectivity index (χ2v) is 9.00. The molecule has 3 N–H and O–H groups in total. The molecule has 3 rings (SSSR count). The van der Waals surface area contributed by atoms with Crippen molar-refractivity contribution in [2.75, 3.05) is 6.61 Å². The van der Waals surface area contributed by atoms with E-state index in [-0.39, 0.29) is 23.3 Å². The molecule has 0 bridgehead atoms. The van der Waals surface area contributed by atoms with E-state index in [0.717, 1.165) is 17.7 Å². The van der Waals surface area contributed by atoms with Gasteiger partial charge in [0.2, 0.25) is 15.9 Å². The molecular weight excluding hydrogens is 423 g/mol. The van der Waals surface area contributed by atoms with Gasteiger partial charge in [-0.15, -0.1) is 0 Å². The number of halogens is 1. The first-order valence-electron chi connectivity index (χ1n) is 9.85. The molecule has 1 aliphatic heterocycles. The predicted octanol–water partition coefficient (Wildman–Crippen LogP) is 2.06. The Hall–Kier alpha value is -2.59. The van der Waals surface area contributed by atoms with E-state index in [1.807, 2.05) is 37.3 Å². The average molecular weight is 449 g/mol. The zero-order valence-corrected chi connectivity index (χ0v) is 17.8. The number of benzene rings is 2. The molecule has 2 aromatic carbocycles. The third-order valence-corrected chi connectivity index (χ3v) is 6.38. The number of carbonyl (C=O) groups excluding carboxylic acids is 1. The summed E-state index contributed by atoms with van der Waals surface area (Å²) in [4.78, 5) is 12.2. The van der Waals surface area contributed by atoms with Gasteiger partial charge in [-0.05, 0) is 30.7 Å². The summed E-state index contributed by atoms with van der Waals surface area (Å²) in [7, 11) is -4.02. The van der Waals surface area contributed by atoms with Crippen molar-refractivity contribution in [3.63, 3.8) is 0 Å². The molecule has 0 radical (unpaired) electrons. The van der Waals surface area contributed by atoms with Crippen molar-refractivity contribution in [2.45, 2.75) is 42.5 Å². The van der Waals surface area contributed by atoms with Gasteiger partial charge in [0, 0.05) is 0 Å². The van der Waals surface area contributed by atoms with Crippen molar-refractivity contribution in [1.82, 2.24) is 10.0 Å². The Labute approximate surface area is 181 Å². The Balaban J connectivity index is 1.61. The Morgan fingerprint density at radius 1 is 1.16 bits per heavy atom. The quantitative estimate of drug-likeness (QED) is 0.536. The molecule has 1 heterocycles. The lowest BCUT2D eigenvalue weighted by molar-refractivity contribution is -0.125. The van der Waals surface area contributed by atoms with Crippen molar-refractivity contribution < 1.29 is 27.4 Å². The molecular formula is C22H25FN2O5S. The minimum atomic E-state index is -4.02. The minimum Gasteiger partial charge on any atom is -0.394 e. The molecule has 166 valence electrons. The Morgan fingerprint density at radius 3 is 2.58 bits per heavy atom. The van der Waals surface area contributed by atoms with E-state index in [9.17, 15) is 22.7 Å². The van der Waals surface area contributed by atoms with Crippen LogP contribution in [0.5, 0.6) is 0 Å². The van der Waals surface area contributed by atoms with Crippen LogP contribution in [0.3, 0.4) is 0 Å². The van der Waals surface area contributed by atoms with Crippen molar-refractivity contribution in [3.05, 3.63) is 78.1 Å². The molecule has 0 saturated carbocycles. The van der Waals surface area contributed by atoms with E-state index in [1.165, 1.54) is 12.1 Å². The van der Waals surface area contributed by atoms with Crippen LogP contribution in [0, 0.1) is 5.82 Å². The fourth-order valence-electron chi connectivity index (χ4n) is 3.30. The summed E-state index contributed by atoms with van der Waals surface area (Å²) in [6, 6.07) is 13.1. The molecule has 1 amide bonds. The van der Waals surface area contributed by atoms with Crippen molar-refractivity contribution >= 4 is 15.9 Å². The van der Waals surface area contributed by atoms with Crippen LogP contribution in [-0.2, 0) is 19.6 Å². The van der Waals surface area contributed by atoms with Crippen LogP contribution in [0.25, 0.3) is 0 Å². The molecule has 7 nitrogen and oxygen atoms in total. The standard InChI is InChI=1S/C22H25FN2O5S/c1-15(16-6-3-2-4-7-16)24-22(27)13-18-10-11-20(21(14-26)30-18)25-31(28,29)19-9-5-8-17(23)12-19/h2-12,15,18,20-21,25-26H,13-14H2,1H3,(H,24,27)/t15-,18-,20+,21-/m1/s1. The number of sulfonamides is 1. The summed E-state index contributed by atoms with van der Waals surface area (Å²) in [5.74, 6) is -0.908. The van der Waals surface area contributed by atoms with Crippen LogP contribution >= 0.6 is 0 Å². The van der Waals surface area contributed by atoms with Crippen molar-refractivity contribution in [2.24, 2.45) is 0 Å².